The van der Waals surface area contributed by atoms with E-state index < -0.39 is 6.04 Å². The molecule has 3 N–H and O–H groups in total. The Bertz CT molecular complexity index is 484. The van der Waals surface area contributed by atoms with E-state index in [0.717, 1.165) is 25.7 Å². The molecule has 1 aromatic rings. The standard InChI is InChI=1S/C16H24FN3O/c1-20(2)15(11-4-3-5-12(17)10-11)16(21)19-14-8-6-13(18)7-9-14/h3-5,10,13-15H,6-9,18H2,1-2H3,(H,19,21)/t13?,14?,15-/m1/s1. The van der Waals surface area contributed by atoms with Gasteiger partial charge in [-0.1, -0.05) is 12.1 Å². The van der Waals surface area contributed by atoms with E-state index in [4.69, 9.17) is 5.73 Å². The highest BCUT2D eigenvalue weighted by atomic mass is 19.1. The van der Waals surface area contributed by atoms with Crippen molar-refractivity contribution in [1.82, 2.24) is 10.2 Å². The topological polar surface area (TPSA) is 58.4 Å². The van der Waals surface area contributed by atoms with Crippen LogP contribution < -0.4 is 11.1 Å². The van der Waals surface area contributed by atoms with Gasteiger partial charge in [-0.2, -0.15) is 0 Å². The highest BCUT2D eigenvalue weighted by Gasteiger charge is 2.27. The van der Waals surface area contributed by atoms with Gasteiger partial charge in [0.25, 0.3) is 0 Å². The average molecular weight is 293 g/mol. The molecule has 1 amide bonds. The Hall–Kier alpha value is -1.46. The second-order valence-corrected chi connectivity index (χ2v) is 6.04. The van der Waals surface area contributed by atoms with Crippen molar-refractivity contribution in [3.05, 3.63) is 35.6 Å². The SMILES string of the molecule is CN(C)[C@@H](C(=O)NC1CCC(N)CC1)c1cccc(F)c1. The minimum atomic E-state index is -0.476. The number of carbonyl (C=O) groups is 1. The van der Waals surface area contributed by atoms with Gasteiger partial charge in [-0.25, -0.2) is 4.39 Å². The summed E-state index contributed by atoms with van der Waals surface area (Å²) < 4.78 is 13.4. The zero-order valence-corrected chi connectivity index (χ0v) is 12.7. The first-order valence-corrected chi connectivity index (χ1v) is 7.45. The zero-order chi connectivity index (χ0) is 15.4. The van der Waals surface area contributed by atoms with Gasteiger partial charge in [-0.15, -0.1) is 0 Å². The van der Waals surface area contributed by atoms with Crippen LogP contribution in [0.3, 0.4) is 0 Å². The van der Waals surface area contributed by atoms with Gasteiger partial charge in [-0.05, 0) is 57.5 Å². The highest BCUT2D eigenvalue weighted by molar-refractivity contribution is 5.83. The van der Waals surface area contributed by atoms with Crippen molar-refractivity contribution in [3.8, 4) is 0 Å². The molecular weight excluding hydrogens is 269 g/mol. The van der Waals surface area contributed by atoms with Crippen LogP contribution in [0.25, 0.3) is 0 Å². The van der Waals surface area contributed by atoms with Crippen LogP contribution in [0.2, 0.25) is 0 Å². The van der Waals surface area contributed by atoms with Crippen LogP contribution >= 0.6 is 0 Å². The van der Waals surface area contributed by atoms with E-state index in [9.17, 15) is 9.18 Å². The van der Waals surface area contributed by atoms with Crippen molar-refractivity contribution in [3.63, 3.8) is 0 Å². The number of amides is 1. The van der Waals surface area contributed by atoms with Crippen molar-refractivity contribution in [2.24, 2.45) is 5.73 Å². The number of carbonyl (C=O) groups excluding carboxylic acids is 1. The number of nitrogens with two attached hydrogens (primary N) is 1. The molecule has 1 saturated carbocycles. The largest absolute Gasteiger partial charge is 0.352 e. The quantitative estimate of drug-likeness (QED) is 0.890. The molecule has 116 valence electrons. The molecule has 1 fully saturated rings. The van der Waals surface area contributed by atoms with Gasteiger partial charge in [0.05, 0.1) is 0 Å². The molecule has 1 aliphatic carbocycles. The van der Waals surface area contributed by atoms with Gasteiger partial charge in [-0.3, -0.25) is 9.69 Å². The molecule has 0 aromatic heterocycles. The monoisotopic (exact) mass is 293 g/mol. The van der Waals surface area contributed by atoms with E-state index in [1.54, 1.807) is 17.0 Å². The fourth-order valence-electron chi connectivity index (χ4n) is 2.90. The summed E-state index contributed by atoms with van der Waals surface area (Å²) in [6.45, 7) is 0. The Morgan fingerprint density at radius 2 is 2.00 bits per heavy atom. The number of likely N-dealkylation sites (N-methyl/N-ethyl adjacent to an activating group) is 1. The summed E-state index contributed by atoms with van der Waals surface area (Å²) in [5.41, 5.74) is 6.55. The molecule has 0 unspecified atom stereocenters. The van der Waals surface area contributed by atoms with Crippen LogP contribution in [0.5, 0.6) is 0 Å². The lowest BCUT2D eigenvalue weighted by Gasteiger charge is -2.30. The van der Waals surface area contributed by atoms with Gasteiger partial charge in [0.2, 0.25) is 5.91 Å². The molecule has 0 bridgehead atoms. The predicted octanol–water partition coefficient (Wildman–Crippen LogP) is 1.81. The summed E-state index contributed by atoms with van der Waals surface area (Å²) in [5.74, 6) is -0.401. The summed E-state index contributed by atoms with van der Waals surface area (Å²) in [6.07, 6.45) is 3.71. The maximum atomic E-state index is 13.4. The summed E-state index contributed by atoms with van der Waals surface area (Å²) in [5, 5.41) is 3.08. The molecule has 5 heteroatoms. The van der Waals surface area contributed by atoms with E-state index in [-0.39, 0.29) is 23.8 Å². The van der Waals surface area contributed by atoms with Gasteiger partial charge in [0.1, 0.15) is 11.9 Å². The van der Waals surface area contributed by atoms with E-state index >= 15 is 0 Å². The van der Waals surface area contributed by atoms with Gasteiger partial charge in [0.15, 0.2) is 0 Å². The molecule has 0 radical (unpaired) electrons. The third-order valence-corrected chi connectivity index (χ3v) is 4.05. The van der Waals surface area contributed by atoms with Crippen molar-refractivity contribution < 1.29 is 9.18 Å². The van der Waals surface area contributed by atoms with E-state index in [2.05, 4.69) is 5.32 Å². The summed E-state index contributed by atoms with van der Waals surface area (Å²) >= 11 is 0. The van der Waals surface area contributed by atoms with Crippen LogP contribution in [-0.2, 0) is 4.79 Å². The number of nitrogens with zero attached hydrogens (tertiary/aromatic N) is 1. The number of nitrogens with one attached hydrogen (secondary N) is 1. The Morgan fingerprint density at radius 1 is 1.33 bits per heavy atom. The van der Waals surface area contributed by atoms with Crippen LogP contribution in [0.15, 0.2) is 24.3 Å². The molecular formula is C16H24FN3O. The smallest absolute Gasteiger partial charge is 0.242 e. The highest BCUT2D eigenvalue weighted by Crippen LogP contribution is 2.22. The second kappa shape index (κ2) is 7.00. The fourth-order valence-corrected chi connectivity index (χ4v) is 2.90. The van der Waals surface area contributed by atoms with Gasteiger partial charge < -0.3 is 11.1 Å². The van der Waals surface area contributed by atoms with Crippen molar-refractivity contribution in [2.45, 2.75) is 43.8 Å². The molecule has 0 saturated heterocycles. The van der Waals surface area contributed by atoms with Gasteiger partial charge >= 0.3 is 0 Å². The third kappa shape index (κ3) is 4.25. The first-order chi connectivity index (χ1) is 9.97. The molecule has 0 heterocycles. The summed E-state index contributed by atoms with van der Waals surface area (Å²) in [6, 6.07) is 6.17. The maximum Gasteiger partial charge on any atom is 0.242 e. The van der Waals surface area contributed by atoms with Gasteiger partial charge in [0, 0.05) is 12.1 Å². The van der Waals surface area contributed by atoms with Crippen LogP contribution in [0.4, 0.5) is 4.39 Å². The molecule has 4 nitrogen and oxygen atoms in total. The fraction of sp³-hybridized carbons (Fsp3) is 0.562. The van der Waals surface area contributed by atoms with Crippen molar-refractivity contribution in [2.75, 3.05) is 14.1 Å². The molecule has 2 rings (SSSR count). The molecule has 1 aromatic carbocycles. The number of benzene rings is 1. The van der Waals surface area contributed by atoms with E-state index in [1.165, 1.54) is 12.1 Å². The number of halogens is 1. The normalized spacial score (nSPS) is 23.9. The lowest BCUT2D eigenvalue weighted by atomic mass is 9.91. The molecule has 1 aliphatic rings. The Balaban J connectivity index is 2.06. The molecule has 1 atom stereocenters. The maximum absolute atomic E-state index is 13.4. The Labute approximate surface area is 125 Å². The van der Waals surface area contributed by atoms with Crippen LogP contribution in [0, 0.1) is 5.82 Å². The van der Waals surface area contributed by atoms with E-state index in [1.807, 2.05) is 14.1 Å². The first kappa shape index (κ1) is 15.9. The summed E-state index contributed by atoms with van der Waals surface area (Å²) in [7, 11) is 3.65. The number of hydrogen-bond acceptors (Lipinski definition) is 3. The van der Waals surface area contributed by atoms with E-state index in [0.29, 0.717) is 5.56 Å². The minimum Gasteiger partial charge on any atom is -0.352 e. The Morgan fingerprint density at radius 3 is 2.57 bits per heavy atom. The lowest BCUT2D eigenvalue weighted by Crippen LogP contribution is -2.45. The Kier molecular flexibility index (Phi) is 5.31. The average Bonchev–Trinajstić information content (AvgIpc) is 2.41. The van der Waals surface area contributed by atoms with Crippen LogP contribution in [0.1, 0.15) is 37.3 Å². The predicted molar refractivity (Wildman–Crippen MR) is 81.2 cm³/mol. The zero-order valence-electron chi connectivity index (χ0n) is 12.7. The number of hydrogen-bond donors (Lipinski definition) is 2. The minimum absolute atomic E-state index is 0.0777. The molecule has 0 aliphatic heterocycles. The molecule has 0 spiro atoms. The second-order valence-electron chi connectivity index (χ2n) is 6.04. The lowest BCUT2D eigenvalue weighted by molar-refractivity contribution is -0.126. The first-order valence-electron chi connectivity index (χ1n) is 7.45. The summed E-state index contributed by atoms with van der Waals surface area (Å²) in [4.78, 5) is 14.3. The third-order valence-electron chi connectivity index (χ3n) is 4.05. The van der Waals surface area contributed by atoms with Crippen molar-refractivity contribution in [1.29, 1.82) is 0 Å². The van der Waals surface area contributed by atoms with Crippen LogP contribution in [-0.4, -0.2) is 37.0 Å². The van der Waals surface area contributed by atoms with Crippen molar-refractivity contribution >= 4 is 5.91 Å². The molecule has 21 heavy (non-hydrogen) atoms. The number of rotatable bonds is 4.